The van der Waals surface area contributed by atoms with E-state index in [4.69, 9.17) is 10.5 Å². The fourth-order valence-corrected chi connectivity index (χ4v) is 1.73. The topological polar surface area (TPSA) is 52.3 Å². The minimum absolute atomic E-state index is 0.379. The van der Waals surface area contributed by atoms with E-state index in [1.54, 1.807) is 0 Å². The number of amides is 1. The molecule has 0 aliphatic rings. The summed E-state index contributed by atoms with van der Waals surface area (Å²) in [6.45, 7) is 8.26. The van der Waals surface area contributed by atoms with Gasteiger partial charge in [-0.05, 0) is 50.5 Å². The molecule has 0 saturated heterocycles. The average molecular weight is 207 g/mol. The van der Waals surface area contributed by atoms with Crippen LogP contribution < -0.4 is 10.5 Å². The molecule has 2 N–H and O–H groups in total. The molecule has 1 rings (SSSR count). The van der Waals surface area contributed by atoms with Crippen molar-refractivity contribution in [2.45, 2.75) is 27.7 Å². The van der Waals surface area contributed by atoms with E-state index in [-0.39, 0.29) is 5.91 Å². The van der Waals surface area contributed by atoms with Gasteiger partial charge in [0.15, 0.2) is 0 Å². The van der Waals surface area contributed by atoms with Crippen LogP contribution in [0.25, 0.3) is 0 Å². The van der Waals surface area contributed by atoms with Gasteiger partial charge in [-0.1, -0.05) is 0 Å². The van der Waals surface area contributed by atoms with Crippen molar-refractivity contribution in [3.8, 4) is 5.75 Å². The molecule has 0 fully saturated rings. The van der Waals surface area contributed by atoms with E-state index in [0.717, 1.165) is 22.4 Å². The third-order valence-corrected chi connectivity index (χ3v) is 2.60. The molecule has 0 bridgehead atoms. The summed E-state index contributed by atoms with van der Waals surface area (Å²) in [5, 5.41) is 0. The zero-order chi connectivity index (χ0) is 11.6. The summed E-state index contributed by atoms with van der Waals surface area (Å²) in [5.74, 6) is 0.452. The molecule has 1 aromatic rings. The molecule has 0 spiro atoms. The highest BCUT2D eigenvalue weighted by Gasteiger charge is 2.14. The highest BCUT2D eigenvalue weighted by atomic mass is 16.5. The van der Waals surface area contributed by atoms with Crippen LogP contribution in [0.3, 0.4) is 0 Å². The molecule has 0 saturated carbocycles. The first-order valence-electron chi connectivity index (χ1n) is 5.02. The van der Waals surface area contributed by atoms with Crippen molar-refractivity contribution in [2.24, 2.45) is 5.73 Å². The summed E-state index contributed by atoms with van der Waals surface area (Å²) >= 11 is 0. The molecule has 3 nitrogen and oxygen atoms in total. The van der Waals surface area contributed by atoms with Crippen LogP contribution in [-0.4, -0.2) is 12.5 Å². The summed E-state index contributed by atoms with van der Waals surface area (Å²) < 4.78 is 5.48. The van der Waals surface area contributed by atoms with E-state index in [1.807, 2.05) is 33.8 Å². The van der Waals surface area contributed by atoms with Gasteiger partial charge in [0.25, 0.3) is 0 Å². The van der Waals surface area contributed by atoms with Gasteiger partial charge in [0.1, 0.15) is 5.75 Å². The summed E-state index contributed by atoms with van der Waals surface area (Å²) in [6, 6.07) is 1.87. The third kappa shape index (κ3) is 2.12. The lowest BCUT2D eigenvalue weighted by Crippen LogP contribution is -2.15. The predicted octanol–water partition coefficient (Wildman–Crippen LogP) is 2.11. The lowest BCUT2D eigenvalue weighted by Gasteiger charge is -2.14. The fraction of sp³-hybridized carbons (Fsp3) is 0.417. The maximum Gasteiger partial charge on any atom is 0.249 e. The lowest BCUT2D eigenvalue weighted by atomic mass is 9.97. The van der Waals surface area contributed by atoms with Gasteiger partial charge >= 0.3 is 0 Å². The van der Waals surface area contributed by atoms with Crippen LogP contribution in [0.4, 0.5) is 0 Å². The van der Waals surface area contributed by atoms with Crippen molar-refractivity contribution in [3.05, 3.63) is 28.3 Å². The Bertz CT molecular complexity index is 397. The average Bonchev–Trinajstić information content (AvgIpc) is 2.13. The Morgan fingerprint density at radius 3 is 2.40 bits per heavy atom. The number of hydrogen-bond donors (Lipinski definition) is 1. The Morgan fingerprint density at radius 2 is 1.93 bits per heavy atom. The van der Waals surface area contributed by atoms with Crippen molar-refractivity contribution in [1.82, 2.24) is 0 Å². The van der Waals surface area contributed by atoms with Crippen molar-refractivity contribution < 1.29 is 9.53 Å². The maximum absolute atomic E-state index is 11.2. The standard InChI is InChI=1S/C12H17NO2/c1-5-15-10-6-7(2)11(12(13)14)9(4)8(10)3/h6H,5H2,1-4H3,(H2,13,14). The smallest absolute Gasteiger partial charge is 0.249 e. The van der Waals surface area contributed by atoms with Crippen LogP contribution >= 0.6 is 0 Å². The number of carbonyl (C=O) groups excluding carboxylic acids is 1. The van der Waals surface area contributed by atoms with Crippen molar-refractivity contribution in [2.75, 3.05) is 6.61 Å². The summed E-state index contributed by atoms with van der Waals surface area (Å²) in [6.07, 6.45) is 0. The minimum atomic E-state index is -0.379. The fourth-order valence-electron chi connectivity index (χ4n) is 1.73. The van der Waals surface area contributed by atoms with Crippen LogP contribution in [0.5, 0.6) is 5.75 Å². The van der Waals surface area contributed by atoms with Crippen LogP contribution in [-0.2, 0) is 0 Å². The van der Waals surface area contributed by atoms with E-state index in [1.165, 1.54) is 0 Å². The molecule has 15 heavy (non-hydrogen) atoms. The number of aryl methyl sites for hydroxylation is 1. The molecule has 0 unspecified atom stereocenters. The third-order valence-electron chi connectivity index (χ3n) is 2.60. The molecular weight excluding hydrogens is 190 g/mol. The van der Waals surface area contributed by atoms with Crippen LogP contribution in [0.15, 0.2) is 6.07 Å². The maximum atomic E-state index is 11.2. The molecule has 82 valence electrons. The SMILES string of the molecule is CCOc1cc(C)c(C(N)=O)c(C)c1C. The van der Waals surface area contributed by atoms with E-state index in [0.29, 0.717) is 12.2 Å². The molecule has 3 heteroatoms. The molecule has 0 aliphatic carbocycles. The zero-order valence-corrected chi connectivity index (χ0v) is 9.68. The second-order valence-corrected chi connectivity index (χ2v) is 3.61. The Morgan fingerprint density at radius 1 is 1.33 bits per heavy atom. The molecule has 0 aliphatic heterocycles. The first-order chi connectivity index (χ1) is 6.99. The Balaban J connectivity index is 3.37. The molecule has 0 radical (unpaired) electrons. The van der Waals surface area contributed by atoms with E-state index in [9.17, 15) is 4.79 Å². The first kappa shape index (κ1) is 11.6. The molecule has 1 aromatic carbocycles. The Hall–Kier alpha value is -1.51. The van der Waals surface area contributed by atoms with Gasteiger partial charge < -0.3 is 10.5 Å². The molecular formula is C12H17NO2. The molecule has 0 aromatic heterocycles. The van der Waals surface area contributed by atoms with Crippen LogP contribution in [0.2, 0.25) is 0 Å². The second kappa shape index (κ2) is 4.34. The monoisotopic (exact) mass is 207 g/mol. The highest BCUT2D eigenvalue weighted by Crippen LogP contribution is 2.27. The van der Waals surface area contributed by atoms with Gasteiger partial charge in [-0.2, -0.15) is 0 Å². The Labute approximate surface area is 90.2 Å². The normalized spacial score (nSPS) is 10.1. The first-order valence-corrected chi connectivity index (χ1v) is 5.02. The molecule has 0 atom stereocenters. The lowest BCUT2D eigenvalue weighted by molar-refractivity contribution is 0.0999. The van der Waals surface area contributed by atoms with Crippen molar-refractivity contribution in [1.29, 1.82) is 0 Å². The van der Waals surface area contributed by atoms with Crippen molar-refractivity contribution >= 4 is 5.91 Å². The summed E-state index contributed by atoms with van der Waals surface area (Å²) in [5.41, 5.74) is 8.70. The Kier molecular flexibility index (Phi) is 3.35. The second-order valence-electron chi connectivity index (χ2n) is 3.61. The largest absolute Gasteiger partial charge is 0.494 e. The number of carbonyl (C=O) groups is 1. The van der Waals surface area contributed by atoms with Gasteiger partial charge in [-0.3, -0.25) is 4.79 Å². The van der Waals surface area contributed by atoms with Gasteiger partial charge in [-0.25, -0.2) is 0 Å². The number of hydrogen-bond acceptors (Lipinski definition) is 2. The molecule has 0 heterocycles. The number of benzene rings is 1. The number of rotatable bonds is 3. The van der Waals surface area contributed by atoms with Crippen LogP contribution in [0, 0.1) is 20.8 Å². The molecule has 1 amide bonds. The predicted molar refractivity (Wildman–Crippen MR) is 60.3 cm³/mol. The summed E-state index contributed by atoms with van der Waals surface area (Å²) in [4.78, 5) is 11.2. The van der Waals surface area contributed by atoms with Crippen LogP contribution in [0.1, 0.15) is 34.0 Å². The van der Waals surface area contributed by atoms with Gasteiger partial charge in [0, 0.05) is 5.56 Å². The van der Waals surface area contributed by atoms with Gasteiger partial charge in [-0.15, -0.1) is 0 Å². The van der Waals surface area contributed by atoms with E-state index >= 15 is 0 Å². The van der Waals surface area contributed by atoms with E-state index in [2.05, 4.69) is 0 Å². The van der Waals surface area contributed by atoms with Gasteiger partial charge in [0.2, 0.25) is 5.91 Å². The highest BCUT2D eigenvalue weighted by molar-refractivity contribution is 5.96. The van der Waals surface area contributed by atoms with Gasteiger partial charge in [0.05, 0.1) is 6.61 Å². The van der Waals surface area contributed by atoms with Crippen molar-refractivity contribution in [3.63, 3.8) is 0 Å². The minimum Gasteiger partial charge on any atom is -0.494 e. The number of primary amides is 1. The number of nitrogens with two attached hydrogens (primary N) is 1. The quantitative estimate of drug-likeness (QED) is 0.825. The summed E-state index contributed by atoms with van der Waals surface area (Å²) in [7, 11) is 0. The number of ether oxygens (including phenoxy) is 1. The zero-order valence-electron chi connectivity index (χ0n) is 9.68. The van der Waals surface area contributed by atoms with E-state index < -0.39 is 0 Å².